The van der Waals surface area contributed by atoms with Gasteiger partial charge in [0, 0.05) is 24.4 Å². The maximum atomic E-state index is 12.6. The molecular formula is C25H28ClN3O3. The third-order valence-corrected chi connectivity index (χ3v) is 5.35. The minimum Gasteiger partial charge on any atom is -0.487 e. The first kappa shape index (κ1) is 23.6. The Bertz CT molecular complexity index is 1100. The number of carbonyl (C=O) groups excluding carboxylic acids is 1. The molecule has 0 aliphatic heterocycles. The second-order valence-corrected chi connectivity index (χ2v) is 7.92. The van der Waals surface area contributed by atoms with Gasteiger partial charge in [0.05, 0.1) is 29.6 Å². The van der Waals surface area contributed by atoms with E-state index in [0.717, 1.165) is 17.0 Å². The summed E-state index contributed by atoms with van der Waals surface area (Å²) in [5.41, 5.74) is 5.70. The smallest absolute Gasteiger partial charge is 0.248 e. The maximum Gasteiger partial charge on any atom is 0.248 e. The number of nitrogens with one attached hydrogen (secondary N) is 1. The largest absolute Gasteiger partial charge is 0.487 e. The summed E-state index contributed by atoms with van der Waals surface area (Å²) in [4.78, 5) is 12.6. The Kier molecular flexibility index (Phi) is 8.09. The summed E-state index contributed by atoms with van der Waals surface area (Å²) in [6, 6.07) is 13.6. The molecule has 0 spiro atoms. The van der Waals surface area contributed by atoms with Crippen LogP contribution < -0.4 is 10.1 Å². The first-order chi connectivity index (χ1) is 15.4. The molecule has 2 aromatic carbocycles. The number of anilines is 1. The summed E-state index contributed by atoms with van der Waals surface area (Å²) in [6.07, 6.45) is 3.28. The van der Waals surface area contributed by atoms with Crippen molar-refractivity contribution in [1.82, 2.24) is 9.78 Å². The molecule has 0 aliphatic rings. The minimum absolute atomic E-state index is 0.283. The van der Waals surface area contributed by atoms with E-state index >= 15 is 0 Å². The van der Waals surface area contributed by atoms with Crippen LogP contribution in [-0.2, 0) is 16.1 Å². The second-order valence-electron chi connectivity index (χ2n) is 7.51. The molecule has 0 atom stereocenters. The van der Waals surface area contributed by atoms with Crippen LogP contribution in [-0.4, -0.2) is 36.0 Å². The Morgan fingerprint density at radius 1 is 1.12 bits per heavy atom. The van der Waals surface area contributed by atoms with Crippen LogP contribution in [0, 0.1) is 20.8 Å². The molecule has 1 amide bonds. The number of ether oxygens (including phenoxy) is 2. The summed E-state index contributed by atoms with van der Waals surface area (Å²) >= 11 is 6.24. The number of para-hydroxylation sites is 1. The number of aromatic nitrogens is 2. The van der Waals surface area contributed by atoms with Crippen molar-refractivity contribution in [2.75, 3.05) is 25.6 Å². The van der Waals surface area contributed by atoms with Crippen molar-refractivity contribution in [3.8, 4) is 5.75 Å². The van der Waals surface area contributed by atoms with Gasteiger partial charge in [0.1, 0.15) is 6.61 Å². The zero-order valence-corrected chi connectivity index (χ0v) is 19.6. The van der Waals surface area contributed by atoms with Gasteiger partial charge in [-0.3, -0.25) is 9.48 Å². The Morgan fingerprint density at radius 3 is 2.59 bits per heavy atom. The molecule has 168 valence electrons. The predicted molar refractivity (Wildman–Crippen MR) is 128 cm³/mol. The van der Waals surface area contributed by atoms with Gasteiger partial charge in [-0.05, 0) is 44.5 Å². The van der Waals surface area contributed by atoms with E-state index in [-0.39, 0.29) is 5.91 Å². The van der Waals surface area contributed by atoms with Gasteiger partial charge in [-0.25, -0.2) is 0 Å². The fourth-order valence-corrected chi connectivity index (χ4v) is 3.52. The van der Waals surface area contributed by atoms with E-state index in [0.29, 0.717) is 36.2 Å². The number of carbonyl (C=O) groups is 1. The third kappa shape index (κ3) is 5.99. The molecule has 7 heteroatoms. The molecule has 1 N–H and O–H groups in total. The number of nitrogens with zero attached hydrogens (tertiary/aromatic N) is 2. The highest BCUT2D eigenvalue weighted by molar-refractivity contribution is 6.32. The lowest BCUT2D eigenvalue weighted by molar-refractivity contribution is -0.111. The van der Waals surface area contributed by atoms with Gasteiger partial charge in [-0.1, -0.05) is 47.5 Å². The molecule has 0 unspecified atom stereocenters. The number of hydrogen-bond acceptors (Lipinski definition) is 4. The van der Waals surface area contributed by atoms with Crippen molar-refractivity contribution in [2.45, 2.75) is 27.3 Å². The maximum absolute atomic E-state index is 12.6. The lowest BCUT2D eigenvalue weighted by Crippen LogP contribution is -2.11. The highest BCUT2D eigenvalue weighted by Crippen LogP contribution is 2.33. The van der Waals surface area contributed by atoms with E-state index in [1.54, 1.807) is 31.4 Å². The zero-order chi connectivity index (χ0) is 23.1. The third-order valence-electron chi connectivity index (χ3n) is 5.05. The SMILES string of the molecule is COCCOc1c(Cl)cccc1NC(=O)/C=C/c1c(C)nn(Cc2ccc(C)cc2)c1C. The number of methoxy groups -OCH3 is 1. The summed E-state index contributed by atoms with van der Waals surface area (Å²) in [5, 5.41) is 7.90. The van der Waals surface area contributed by atoms with E-state index in [4.69, 9.17) is 21.1 Å². The molecule has 3 rings (SSSR count). The monoisotopic (exact) mass is 453 g/mol. The van der Waals surface area contributed by atoms with E-state index in [1.165, 1.54) is 17.2 Å². The predicted octanol–water partition coefficient (Wildman–Crippen LogP) is 5.19. The molecule has 1 aromatic heterocycles. The van der Waals surface area contributed by atoms with Crippen LogP contribution in [0.1, 0.15) is 28.1 Å². The number of rotatable bonds is 9. The molecule has 6 nitrogen and oxygen atoms in total. The van der Waals surface area contributed by atoms with Crippen molar-refractivity contribution in [2.24, 2.45) is 0 Å². The van der Waals surface area contributed by atoms with E-state index < -0.39 is 0 Å². The Labute approximate surface area is 193 Å². The van der Waals surface area contributed by atoms with Crippen LogP contribution in [0.25, 0.3) is 6.08 Å². The van der Waals surface area contributed by atoms with Gasteiger partial charge < -0.3 is 14.8 Å². The first-order valence-corrected chi connectivity index (χ1v) is 10.8. The fourth-order valence-electron chi connectivity index (χ4n) is 3.29. The fraction of sp³-hybridized carbons (Fsp3) is 0.280. The van der Waals surface area contributed by atoms with Crippen LogP contribution >= 0.6 is 11.6 Å². The van der Waals surface area contributed by atoms with E-state index in [9.17, 15) is 4.79 Å². The highest BCUT2D eigenvalue weighted by Gasteiger charge is 2.12. The topological polar surface area (TPSA) is 65.4 Å². The molecule has 0 saturated heterocycles. The van der Waals surface area contributed by atoms with Gasteiger partial charge in [0.2, 0.25) is 5.91 Å². The standard InChI is InChI=1S/C25H28ClN3O3/c1-17-8-10-20(11-9-17)16-29-19(3)21(18(2)28-29)12-13-24(30)27-23-7-5-6-22(26)25(23)32-15-14-31-4/h5-13H,14-16H2,1-4H3,(H,27,30)/b13-12+. The summed E-state index contributed by atoms with van der Waals surface area (Å²) in [7, 11) is 1.59. The molecule has 0 fully saturated rings. The number of benzene rings is 2. The molecule has 3 aromatic rings. The number of halogens is 1. The van der Waals surface area contributed by atoms with Crippen molar-refractivity contribution in [3.05, 3.63) is 81.6 Å². The number of amides is 1. The second kappa shape index (κ2) is 11.0. The average molecular weight is 454 g/mol. The summed E-state index contributed by atoms with van der Waals surface area (Å²) < 4.78 is 12.6. The average Bonchev–Trinajstić information content (AvgIpc) is 3.02. The normalized spacial score (nSPS) is 11.2. The molecule has 32 heavy (non-hydrogen) atoms. The van der Waals surface area contributed by atoms with Crippen molar-refractivity contribution in [3.63, 3.8) is 0 Å². The Balaban J connectivity index is 1.72. The molecule has 0 aliphatic carbocycles. The van der Waals surface area contributed by atoms with Crippen molar-refractivity contribution >= 4 is 29.3 Å². The number of hydrogen-bond donors (Lipinski definition) is 1. The minimum atomic E-state index is -0.283. The van der Waals surface area contributed by atoms with Gasteiger partial charge in [-0.2, -0.15) is 5.10 Å². The molecule has 0 radical (unpaired) electrons. The molecule has 0 bridgehead atoms. The van der Waals surface area contributed by atoms with E-state index in [1.807, 2.05) is 18.5 Å². The lowest BCUT2D eigenvalue weighted by Gasteiger charge is -2.13. The van der Waals surface area contributed by atoms with E-state index in [2.05, 4.69) is 41.6 Å². The van der Waals surface area contributed by atoms with Crippen LogP contribution in [0.2, 0.25) is 5.02 Å². The van der Waals surface area contributed by atoms with Gasteiger partial charge >= 0.3 is 0 Å². The molecule has 1 heterocycles. The van der Waals surface area contributed by atoms with Gasteiger partial charge in [-0.15, -0.1) is 0 Å². The quantitative estimate of drug-likeness (QED) is 0.358. The van der Waals surface area contributed by atoms with Crippen LogP contribution in [0.15, 0.2) is 48.5 Å². The van der Waals surface area contributed by atoms with Crippen molar-refractivity contribution < 1.29 is 14.3 Å². The number of aryl methyl sites for hydroxylation is 2. The lowest BCUT2D eigenvalue weighted by atomic mass is 10.1. The first-order valence-electron chi connectivity index (χ1n) is 10.4. The van der Waals surface area contributed by atoms with Gasteiger partial charge in [0.25, 0.3) is 0 Å². The zero-order valence-electron chi connectivity index (χ0n) is 18.8. The molecule has 0 saturated carbocycles. The Hall–Kier alpha value is -3.09. The summed E-state index contributed by atoms with van der Waals surface area (Å²) in [6.45, 7) is 7.44. The Morgan fingerprint density at radius 2 is 1.88 bits per heavy atom. The molecular weight excluding hydrogens is 426 g/mol. The van der Waals surface area contributed by atoms with Crippen LogP contribution in [0.3, 0.4) is 0 Å². The van der Waals surface area contributed by atoms with Crippen LogP contribution in [0.5, 0.6) is 5.75 Å². The summed E-state index contributed by atoms with van der Waals surface area (Å²) in [5.74, 6) is 0.139. The van der Waals surface area contributed by atoms with Crippen LogP contribution in [0.4, 0.5) is 5.69 Å². The van der Waals surface area contributed by atoms with Crippen molar-refractivity contribution in [1.29, 1.82) is 0 Å². The highest BCUT2D eigenvalue weighted by atomic mass is 35.5. The van der Waals surface area contributed by atoms with Gasteiger partial charge in [0.15, 0.2) is 5.75 Å².